The van der Waals surface area contributed by atoms with Gasteiger partial charge >= 0.3 is 5.97 Å². The lowest BCUT2D eigenvalue weighted by Crippen LogP contribution is -2.42. The molecule has 0 aromatic heterocycles. The first-order valence-electron chi connectivity index (χ1n) is 8.25. The summed E-state index contributed by atoms with van der Waals surface area (Å²) in [7, 11) is 0. The van der Waals surface area contributed by atoms with Crippen LogP contribution in [0, 0.1) is 29.1 Å². The maximum atomic E-state index is 11.7. The van der Waals surface area contributed by atoms with E-state index in [1.807, 2.05) is 0 Å². The average Bonchev–Trinajstić information content (AvgIpc) is 2.58. The van der Waals surface area contributed by atoms with Gasteiger partial charge in [-0.05, 0) is 55.4 Å². The second-order valence-corrected chi connectivity index (χ2v) is 7.50. The smallest absolute Gasteiger partial charge is 0.334 e. The number of hydrogen-bond donors (Lipinski definition) is 1. The number of allylic oxidation sites excluding steroid dienone is 2. The molecule has 124 valence electrons. The van der Waals surface area contributed by atoms with Gasteiger partial charge in [0.15, 0.2) is 0 Å². The molecule has 2 unspecified atom stereocenters. The molecule has 0 aromatic carbocycles. The number of aldehydes is 1. The minimum atomic E-state index is -1.10. The van der Waals surface area contributed by atoms with Gasteiger partial charge in [0.05, 0.1) is 6.61 Å². The van der Waals surface area contributed by atoms with E-state index in [-0.39, 0.29) is 23.9 Å². The van der Waals surface area contributed by atoms with E-state index in [0.29, 0.717) is 11.8 Å². The first-order chi connectivity index (χ1) is 10.2. The quantitative estimate of drug-likeness (QED) is 0.626. The first kappa shape index (κ1) is 17.2. The van der Waals surface area contributed by atoms with E-state index in [0.717, 1.165) is 30.3 Å². The molecule has 2 rings (SSSR count). The minimum Gasteiger partial charge on any atom is -0.463 e. The molecule has 2 bridgehead atoms. The molecule has 0 radical (unpaired) electrons. The maximum Gasteiger partial charge on any atom is 0.334 e. The fourth-order valence-electron chi connectivity index (χ4n) is 4.51. The second kappa shape index (κ2) is 6.15. The Hall–Kier alpha value is -1.16. The molecule has 22 heavy (non-hydrogen) atoms. The molecule has 0 heterocycles. The first-order valence-corrected chi connectivity index (χ1v) is 8.25. The van der Waals surface area contributed by atoms with Crippen LogP contribution in [0.1, 0.15) is 47.5 Å². The number of aliphatic hydroxyl groups excluding tert-OH is 1. The standard InChI is InChI=1S/C18H28O4/c1-10(2)13-6-7-18(5)11(3)14(8-19)16(13)15(18)9-22-17(21)12(4)20/h8,10,12-13,15-16,20H,6-7,9H2,1-5H3/t12?,13-,15?,16-,18+/m1/s1. The fraction of sp³-hybridized carbons (Fsp3) is 0.778. The summed E-state index contributed by atoms with van der Waals surface area (Å²) in [6.07, 6.45) is 2.03. The lowest BCUT2D eigenvalue weighted by atomic mass is 9.60. The van der Waals surface area contributed by atoms with Gasteiger partial charge < -0.3 is 9.84 Å². The van der Waals surface area contributed by atoms with Gasteiger partial charge in [-0.25, -0.2) is 4.79 Å². The van der Waals surface area contributed by atoms with Gasteiger partial charge in [-0.15, -0.1) is 0 Å². The molecule has 1 N–H and O–H groups in total. The Bertz CT molecular complexity index is 491. The third kappa shape index (κ3) is 2.62. The van der Waals surface area contributed by atoms with Crippen molar-refractivity contribution in [3.63, 3.8) is 0 Å². The number of carbonyl (C=O) groups excluding carboxylic acids is 2. The Labute approximate surface area is 132 Å². The van der Waals surface area contributed by atoms with Gasteiger partial charge in [-0.1, -0.05) is 26.3 Å². The number of carbonyl (C=O) groups is 2. The van der Waals surface area contributed by atoms with Crippen LogP contribution in [0.4, 0.5) is 0 Å². The van der Waals surface area contributed by atoms with Crippen LogP contribution in [0.5, 0.6) is 0 Å². The third-order valence-corrected chi connectivity index (χ3v) is 6.09. The summed E-state index contributed by atoms with van der Waals surface area (Å²) in [6.45, 7) is 10.3. The highest BCUT2D eigenvalue weighted by molar-refractivity contribution is 5.78. The van der Waals surface area contributed by atoms with E-state index >= 15 is 0 Å². The summed E-state index contributed by atoms with van der Waals surface area (Å²) < 4.78 is 5.33. The van der Waals surface area contributed by atoms with Gasteiger partial charge in [0.1, 0.15) is 12.4 Å². The molecule has 5 atom stereocenters. The van der Waals surface area contributed by atoms with Crippen LogP contribution < -0.4 is 0 Å². The summed E-state index contributed by atoms with van der Waals surface area (Å²) in [5.41, 5.74) is 2.00. The molecule has 2 aliphatic rings. The summed E-state index contributed by atoms with van der Waals surface area (Å²) >= 11 is 0. The molecular formula is C18H28O4. The molecule has 0 saturated heterocycles. The van der Waals surface area contributed by atoms with Crippen molar-refractivity contribution in [3.8, 4) is 0 Å². The Morgan fingerprint density at radius 3 is 2.59 bits per heavy atom. The highest BCUT2D eigenvalue weighted by atomic mass is 16.5. The topological polar surface area (TPSA) is 63.6 Å². The summed E-state index contributed by atoms with van der Waals surface area (Å²) in [6, 6.07) is 0. The predicted octanol–water partition coefficient (Wildman–Crippen LogP) is 2.74. The second-order valence-electron chi connectivity index (χ2n) is 7.50. The van der Waals surface area contributed by atoms with Crippen LogP contribution in [0.2, 0.25) is 0 Å². The van der Waals surface area contributed by atoms with Crippen molar-refractivity contribution in [1.29, 1.82) is 0 Å². The van der Waals surface area contributed by atoms with Gasteiger partial charge in [0.2, 0.25) is 0 Å². The van der Waals surface area contributed by atoms with E-state index in [1.165, 1.54) is 6.92 Å². The van der Waals surface area contributed by atoms with Gasteiger partial charge in [0.25, 0.3) is 0 Å². The van der Waals surface area contributed by atoms with Crippen LogP contribution in [-0.2, 0) is 14.3 Å². The zero-order valence-corrected chi connectivity index (χ0v) is 14.3. The maximum absolute atomic E-state index is 11.7. The molecular weight excluding hydrogens is 280 g/mol. The van der Waals surface area contributed by atoms with Crippen molar-refractivity contribution >= 4 is 12.3 Å². The zero-order valence-electron chi connectivity index (χ0n) is 14.3. The number of esters is 1. The Kier molecular flexibility index (Phi) is 4.81. The number of ether oxygens (including phenoxy) is 1. The van der Waals surface area contributed by atoms with Crippen LogP contribution >= 0.6 is 0 Å². The van der Waals surface area contributed by atoms with Crippen molar-refractivity contribution in [2.24, 2.45) is 29.1 Å². The summed E-state index contributed by atoms with van der Waals surface area (Å²) in [5, 5.41) is 9.31. The molecule has 2 aliphatic carbocycles. The fourth-order valence-corrected chi connectivity index (χ4v) is 4.51. The Morgan fingerprint density at radius 2 is 2.09 bits per heavy atom. The Morgan fingerprint density at radius 1 is 1.45 bits per heavy atom. The predicted molar refractivity (Wildman–Crippen MR) is 84.1 cm³/mol. The van der Waals surface area contributed by atoms with Crippen molar-refractivity contribution in [3.05, 3.63) is 11.1 Å². The normalized spacial score (nSPS) is 35.7. The largest absolute Gasteiger partial charge is 0.463 e. The van der Waals surface area contributed by atoms with Gasteiger partial charge in [0, 0.05) is 5.92 Å². The third-order valence-electron chi connectivity index (χ3n) is 6.09. The molecule has 0 aromatic rings. The van der Waals surface area contributed by atoms with E-state index < -0.39 is 12.1 Å². The summed E-state index contributed by atoms with van der Waals surface area (Å²) in [5.74, 6) is 0.654. The number of rotatable bonds is 5. The van der Waals surface area contributed by atoms with Crippen LogP contribution in [-0.4, -0.2) is 30.1 Å². The summed E-state index contributed by atoms with van der Waals surface area (Å²) in [4.78, 5) is 23.3. The number of fused-ring (bicyclic) bond motifs is 2. The van der Waals surface area contributed by atoms with E-state index in [9.17, 15) is 14.7 Å². The number of aliphatic hydroxyl groups is 1. The molecule has 4 heteroatoms. The molecule has 1 saturated carbocycles. The van der Waals surface area contributed by atoms with E-state index in [4.69, 9.17) is 4.74 Å². The number of hydrogen-bond acceptors (Lipinski definition) is 4. The lowest BCUT2D eigenvalue weighted by Gasteiger charge is -2.45. The van der Waals surface area contributed by atoms with Crippen molar-refractivity contribution in [2.75, 3.05) is 6.61 Å². The van der Waals surface area contributed by atoms with Crippen molar-refractivity contribution in [2.45, 2.75) is 53.6 Å². The average molecular weight is 308 g/mol. The SMILES string of the molecule is CC1=C(C=O)[C@@H]2C(COC(=O)C(C)O)[C@@]1(C)CC[C@@H]2C(C)C. The molecule has 0 amide bonds. The monoisotopic (exact) mass is 308 g/mol. The minimum absolute atomic E-state index is 0.0781. The lowest BCUT2D eigenvalue weighted by molar-refractivity contribution is -0.156. The van der Waals surface area contributed by atoms with Gasteiger partial charge in [-0.2, -0.15) is 0 Å². The highest BCUT2D eigenvalue weighted by Crippen LogP contribution is 2.60. The molecule has 1 fully saturated rings. The van der Waals surface area contributed by atoms with E-state index in [1.54, 1.807) is 0 Å². The molecule has 0 spiro atoms. The molecule has 4 nitrogen and oxygen atoms in total. The van der Waals surface area contributed by atoms with Crippen molar-refractivity contribution in [1.82, 2.24) is 0 Å². The highest BCUT2D eigenvalue weighted by Gasteiger charge is 2.55. The van der Waals surface area contributed by atoms with Crippen LogP contribution in [0.15, 0.2) is 11.1 Å². The van der Waals surface area contributed by atoms with Crippen LogP contribution in [0.25, 0.3) is 0 Å². The Balaban J connectivity index is 2.29. The van der Waals surface area contributed by atoms with E-state index in [2.05, 4.69) is 27.7 Å². The van der Waals surface area contributed by atoms with Crippen LogP contribution in [0.3, 0.4) is 0 Å². The van der Waals surface area contributed by atoms with Crippen molar-refractivity contribution < 1.29 is 19.4 Å². The molecule has 0 aliphatic heterocycles. The zero-order chi connectivity index (χ0) is 16.7. The van der Waals surface area contributed by atoms with Gasteiger partial charge in [-0.3, -0.25) is 4.79 Å².